The van der Waals surface area contributed by atoms with Crippen LogP contribution >= 0.6 is 0 Å². The summed E-state index contributed by atoms with van der Waals surface area (Å²) >= 11 is 0. The van der Waals surface area contributed by atoms with Crippen LogP contribution in [-0.2, 0) is 11.8 Å². The van der Waals surface area contributed by atoms with Crippen LogP contribution in [0.25, 0.3) is 0 Å². The third kappa shape index (κ3) is 4.50. The molecule has 3 rings (SSSR count). The number of anilines is 2. The van der Waals surface area contributed by atoms with E-state index < -0.39 is 0 Å². The summed E-state index contributed by atoms with van der Waals surface area (Å²) in [4.78, 5) is 27.8. The average molecular weight is 360 g/mol. The number of piperazine rings is 1. The first-order chi connectivity index (χ1) is 12.5. The Morgan fingerprint density at radius 2 is 1.85 bits per heavy atom. The van der Waals surface area contributed by atoms with Crippen LogP contribution in [0.1, 0.15) is 0 Å². The molecule has 2 aromatic rings. The number of carbonyl (C=O) groups excluding carboxylic acids is 2. The number of amides is 3. The molecule has 138 valence electrons. The topological polar surface area (TPSA) is 82.5 Å². The number of rotatable bonds is 4. The summed E-state index contributed by atoms with van der Waals surface area (Å²) < 4.78 is 14.6. The van der Waals surface area contributed by atoms with Crippen molar-refractivity contribution in [3.05, 3.63) is 42.5 Å². The second-order valence-corrected chi connectivity index (χ2v) is 6.06. The summed E-state index contributed by atoms with van der Waals surface area (Å²) in [5.41, 5.74) is 1.52. The third-order valence-electron chi connectivity index (χ3n) is 4.15. The molecular formula is C17H21FN6O2. The van der Waals surface area contributed by atoms with Crippen LogP contribution in [0.3, 0.4) is 0 Å². The van der Waals surface area contributed by atoms with E-state index in [0.717, 1.165) is 5.69 Å². The van der Waals surface area contributed by atoms with E-state index in [0.29, 0.717) is 31.9 Å². The minimum Gasteiger partial charge on any atom is -0.368 e. The summed E-state index contributed by atoms with van der Waals surface area (Å²) in [7, 11) is 1.75. The highest BCUT2D eigenvalue weighted by atomic mass is 19.1. The van der Waals surface area contributed by atoms with E-state index in [9.17, 15) is 14.0 Å². The summed E-state index contributed by atoms with van der Waals surface area (Å²) in [5.74, 6) is -0.576. The minimum atomic E-state index is -0.309. The van der Waals surface area contributed by atoms with Gasteiger partial charge in [0.2, 0.25) is 5.91 Å². The Morgan fingerprint density at radius 1 is 1.15 bits per heavy atom. The zero-order valence-electron chi connectivity index (χ0n) is 14.5. The molecule has 1 aromatic carbocycles. The second-order valence-electron chi connectivity index (χ2n) is 6.06. The number of benzene rings is 1. The van der Waals surface area contributed by atoms with Gasteiger partial charge in [-0.05, 0) is 24.3 Å². The van der Waals surface area contributed by atoms with Gasteiger partial charge in [-0.3, -0.25) is 9.48 Å². The molecule has 1 fully saturated rings. The molecule has 0 atom stereocenters. The van der Waals surface area contributed by atoms with Gasteiger partial charge in [-0.2, -0.15) is 5.10 Å². The number of halogens is 1. The Hall–Kier alpha value is -3.10. The number of hydrogen-bond acceptors (Lipinski definition) is 4. The maximum atomic E-state index is 13.0. The molecule has 0 saturated carbocycles. The molecule has 2 heterocycles. The van der Waals surface area contributed by atoms with Crippen LogP contribution < -0.4 is 15.5 Å². The Kier molecular flexibility index (Phi) is 5.35. The first kappa shape index (κ1) is 17.7. The van der Waals surface area contributed by atoms with Gasteiger partial charge >= 0.3 is 6.03 Å². The molecular weight excluding hydrogens is 339 g/mol. The van der Waals surface area contributed by atoms with Gasteiger partial charge in [0.25, 0.3) is 0 Å². The SMILES string of the molecule is Cn1cc(NC(=O)CNC(=O)N2CCN(c3ccc(F)cc3)CC2)cn1. The fraction of sp³-hybridized carbons (Fsp3) is 0.353. The zero-order chi connectivity index (χ0) is 18.5. The highest BCUT2D eigenvalue weighted by Crippen LogP contribution is 2.16. The molecule has 1 aromatic heterocycles. The Labute approximate surface area is 150 Å². The van der Waals surface area contributed by atoms with Crippen molar-refractivity contribution in [2.24, 2.45) is 7.05 Å². The molecule has 1 aliphatic heterocycles. The fourth-order valence-electron chi connectivity index (χ4n) is 2.78. The summed E-state index contributed by atoms with van der Waals surface area (Å²) in [6.07, 6.45) is 3.21. The smallest absolute Gasteiger partial charge is 0.317 e. The molecule has 0 aliphatic carbocycles. The number of aryl methyl sites for hydroxylation is 1. The first-order valence-corrected chi connectivity index (χ1v) is 8.33. The van der Waals surface area contributed by atoms with Crippen LogP contribution in [0, 0.1) is 5.82 Å². The Bertz CT molecular complexity index is 768. The summed E-state index contributed by atoms with van der Waals surface area (Å²) in [5, 5.41) is 9.24. The van der Waals surface area contributed by atoms with Crippen LogP contribution in [0.4, 0.5) is 20.6 Å². The van der Waals surface area contributed by atoms with Gasteiger partial charge in [-0.1, -0.05) is 0 Å². The van der Waals surface area contributed by atoms with E-state index in [4.69, 9.17) is 0 Å². The highest BCUT2D eigenvalue weighted by Gasteiger charge is 2.21. The molecule has 8 nitrogen and oxygen atoms in total. The van der Waals surface area contributed by atoms with Crippen molar-refractivity contribution in [2.45, 2.75) is 0 Å². The summed E-state index contributed by atoms with van der Waals surface area (Å²) in [6, 6.07) is 6.04. The van der Waals surface area contributed by atoms with Crippen molar-refractivity contribution in [1.29, 1.82) is 0 Å². The fourth-order valence-corrected chi connectivity index (χ4v) is 2.78. The minimum absolute atomic E-state index is 0.105. The van der Waals surface area contributed by atoms with Crippen molar-refractivity contribution in [3.8, 4) is 0 Å². The molecule has 0 bridgehead atoms. The van der Waals surface area contributed by atoms with E-state index in [1.165, 1.54) is 18.3 Å². The van der Waals surface area contributed by atoms with Gasteiger partial charge < -0.3 is 20.4 Å². The largest absolute Gasteiger partial charge is 0.368 e. The maximum absolute atomic E-state index is 13.0. The second kappa shape index (κ2) is 7.85. The van der Waals surface area contributed by atoms with Crippen LogP contribution in [0.15, 0.2) is 36.7 Å². The predicted octanol–water partition coefficient (Wildman–Crippen LogP) is 1.03. The standard InChI is InChI=1S/C17H21FN6O2/c1-22-12-14(10-20-22)21-16(25)11-19-17(26)24-8-6-23(7-9-24)15-4-2-13(18)3-5-15/h2-5,10,12H,6-9,11H2,1H3,(H,19,26)(H,21,25). The van der Waals surface area contributed by atoms with E-state index in [-0.39, 0.29) is 24.3 Å². The van der Waals surface area contributed by atoms with Gasteiger partial charge in [-0.25, -0.2) is 9.18 Å². The van der Waals surface area contributed by atoms with E-state index in [1.807, 2.05) is 0 Å². The molecule has 26 heavy (non-hydrogen) atoms. The average Bonchev–Trinajstić information content (AvgIpc) is 3.05. The molecule has 1 aliphatic rings. The molecule has 2 N–H and O–H groups in total. The van der Waals surface area contributed by atoms with E-state index in [1.54, 1.807) is 35.0 Å². The van der Waals surface area contributed by atoms with Crippen molar-refractivity contribution in [3.63, 3.8) is 0 Å². The van der Waals surface area contributed by atoms with Gasteiger partial charge in [0.15, 0.2) is 0 Å². The van der Waals surface area contributed by atoms with Crippen molar-refractivity contribution < 1.29 is 14.0 Å². The van der Waals surface area contributed by atoms with E-state index >= 15 is 0 Å². The Balaban J connectivity index is 1.42. The van der Waals surface area contributed by atoms with Crippen molar-refractivity contribution >= 4 is 23.3 Å². The predicted molar refractivity (Wildman–Crippen MR) is 95.4 cm³/mol. The number of urea groups is 1. The van der Waals surface area contributed by atoms with Gasteiger partial charge in [0.05, 0.1) is 18.4 Å². The first-order valence-electron chi connectivity index (χ1n) is 8.33. The lowest BCUT2D eigenvalue weighted by molar-refractivity contribution is -0.115. The monoisotopic (exact) mass is 360 g/mol. The molecule has 1 saturated heterocycles. The number of aromatic nitrogens is 2. The molecule has 0 unspecified atom stereocenters. The van der Waals surface area contributed by atoms with Crippen molar-refractivity contribution in [2.75, 3.05) is 42.9 Å². The zero-order valence-corrected chi connectivity index (χ0v) is 14.5. The number of carbonyl (C=O) groups is 2. The summed E-state index contributed by atoms with van der Waals surface area (Å²) in [6.45, 7) is 2.27. The maximum Gasteiger partial charge on any atom is 0.317 e. The van der Waals surface area contributed by atoms with Gasteiger partial charge in [0, 0.05) is 45.1 Å². The lowest BCUT2D eigenvalue weighted by Gasteiger charge is -2.36. The highest BCUT2D eigenvalue weighted by molar-refractivity contribution is 5.94. The van der Waals surface area contributed by atoms with Gasteiger partial charge in [0.1, 0.15) is 5.82 Å². The molecule has 9 heteroatoms. The van der Waals surface area contributed by atoms with E-state index in [2.05, 4.69) is 20.6 Å². The normalized spacial score (nSPS) is 14.2. The Morgan fingerprint density at radius 3 is 2.46 bits per heavy atom. The number of hydrogen-bond donors (Lipinski definition) is 2. The molecule has 0 radical (unpaired) electrons. The van der Waals surface area contributed by atoms with Crippen molar-refractivity contribution in [1.82, 2.24) is 20.0 Å². The van der Waals surface area contributed by atoms with Crippen LogP contribution in [0.5, 0.6) is 0 Å². The van der Waals surface area contributed by atoms with Crippen LogP contribution in [0.2, 0.25) is 0 Å². The van der Waals surface area contributed by atoms with Crippen LogP contribution in [-0.4, -0.2) is 59.3 Å². The number of nitrogens with one attached hydrogen (secondary N) is 2. The van der Waals surface area contributed by atoms with Gasteiger partial charge in [-0.15, -0.1) is 0 Å². The lowest BCUT2D eigenvalue weighted by atomic mass is 10.2. The molecule has 0 spiro atoms. The number of nitrogens with zero attached hydrogens (tertiary/aromatic N) is 4. The molecule has 3 amide bonds. The quantitative estimate of drug-likeness (QED) is 0.853. The lowest BCUT2D eigenvalue weighted by Crippen LogP contribution is -2.52. The third-order valence-corrected chi connectivity index (χ3v) is 4.15.